The lowest BCUT2D eigenvalue weighted by atomic mass is 10.1. The van der Waals surface area contributed by atoms with Crippen LogP contribution in [0.2, 0.25) is 0 Å². The second-order valence-electron chi connectivity index (χ2n) is 6.23. The second kappa shape index (κ2) is 7.61. The van der Waals surface area contributed by atoms with Gasteiger partial charge < -0.3 is 10.3 Å². The molecule has 0 fully saturated rings. The average Bonchev–Trinajstić information content (AvgIpc) is 3.19. The number of hydrogen-bond donors (Lipinski definition) is 2. The third kappa shape index (κ3) is 3.63. The van der Waals surface area contributed by atoms with Crippen molar-refractivity contribution in [3.63, 3.8) is 0 Å². The third-order valence-corrected chi connectivity index (χ3v) is 5.23. The summed E-state index contributed by atoms with van der Waals surface area (Å²) in [7, 11) is 0. The van der Waals surface area contributed by atoms with Gasteiger partial charge in [0.05, 0.1) is 12.1 Å². The molecule has 28 heavy (non-hydrogen) atoms. The second-order valence-corrected chi connectivity index (χ2v) is 7.14. The lowest BCUT2D eigenvalue weighted by molar-refractivity contribution is 0.0951. The molecule has 7 nitrogen and oxygen atoms in total. The van der Waals surface area contributed by atoms with Gasteiger partial charge in [-0.2, -0.15) is 0 Å². The van der Waals surface area contributed by atoms with Gasteiger partial charge in [0.25, 0.3) is 11.5 Å². The van der Waals surface area contributed by atoms with E-state index in [2.05, 4.69) is 15.3 Å². The van der Waals surface area contributed by atoms with Gasteiger partial charge in [-0.25, -0.2) is 4.79 Å². The highest BCUT2D eigenvalue weighted by molar-refractivity contribution is 7.17. The smallest absolute Gasteiger partial charge is 0.329 e. The van der Waals surface area contributed by atoms with Crippen LogP contribution in [0.25, 0.3) is 10.2 Å². The largest absolute Gasteiger partial charge is 0.348 e. The Bertz CT molecular complexity index is 1240. The Morgan fingerprint density at radius 2 is 1.93 bits per heavy atom. The maximum Gasteiger partial charge on any atom is 0.329 e. The minimum atomic E-state index is -0.450. The molecule has 0 aliphatic heterocycles. The number of hydrogen-bond acceptors (Lipinski definition) is 5. The fourth-order valence-corrected chi connectivity index (χ4v) is 3.64. The summed E-state index contributed by atoms with van der Waals surface area (Å²) in [6, 6.07) is 12.2. The molecule has 140 valence electrons. The molecule has 2 N–H and O–H groups in total. The van der Waals surface area contributed by atoms with Crippen molar-refractivity contribution in [2.24, 2.45) is 0 Å². The molecule has 0 atom stereocenters. The quantitative estimate of drug-likeness (QED) is 0.544. The Morgan fingerprint density at radius 3 is 2.68 bits per heavy atom. The van der Waals surface area contributed by atoms with Crippen LogP contribution in [0.1, 0.15) is 21.5 Å². The number of aromatic nitrogens is 3. The summed E-state index contributed by atoms with van der Waals surface area (Å²) < 4.78 is 1.68. The van der Waals surface area contributed by atoms with Gasteiger partial charge in [0.15, 0.2) is 0 Å². The van der Waals surface area contributed by atoms with E-state index in [-0.39, 0.29) is 18.0 Å². The summed E-state index contributed by atoms with van der Waals surface area (Å²) >= 11 is 1.30. The SMILES string of the molecule is O=C(NCc1cccnc1)c1ccc(Cn2c(=O)[nH]c3ccsc3c2=O)cc1. The highest BCUT2D eigenvalue weighted by Gasteiger charge is 2.10. The van der Waals surface area contributed by atoms with E-state index >= 15 is 0 Å². The lowest BCUT2D eigenvalue weighted by Gasteiger charge is -2.07. The zero-order chi connectivity index (χ0) is 19.5. The molecule has 3 heterocycles. The number of thiophene rings is 1. The van der Waals surface area contributed by atoms with Crippen LogP contribution in [0.15, 0.2) is 69.8 Å². The zero-order valence-electron chi connectivity index (χ0n) is 14.7. The number of H-pyrrole nitrogens is 1. The van der Waals surface area contributed by atoms with Crippen molar-refractivity contribution < 1.29 is 4.79 Å². The first-order valence-electron chi connectivity index (χ1n) is 8.58. The Kier molecular flexibility index (Phi) is 4.86. The fourth-order valence-electron chi connectivity index (χ4n) is 2.85. The Morgan fingerprint density at radius 1 is 1.11 bits per heavy atom. The van der Waals surface area contributed by atoms with Crippen LogP contribution in [0.5, 0.6) is 0 Å². The van der Waals surface area contributed by atoms with Crippen LogP contribution >= 0.6 is 11.3 Å². The molecule has 0 saturated heterocycles. The first-order chi connectivity index (χ1) is 13.6. The summed E-state index contributed by atoms with van der Waals surface area (Å²) in [6.45, 7) is 0.527. The average molecular weight is 392 g/mol. The first kappa shape index (κ1) is 17.9. The molecule has 0 bridgehead atoms. The number of aromatic amines is 1. The van der Waals surface area contributed by atoms with Crippen molar-refractivity contribution in [2.75, 3.05) is 0 Å². The number of fused-ring (bicyclic) bond motifs is 1. The number of benzene rings is 1. The minimum absolute atomic E-state index is 0.138. The van der Waals surface area contributed by atoms with Crippen LogP contribution < -0.4 is 16.6 Å². The van der Waals surface area contributed by atoms with Crippen molar-refractivity contribution in [1.82, 2.24) is 19.9 Å². The summed E-state index contributed by atoms with van der Waals surface area (Å²) in [5.74, 6) is -0.203. The standard InChI is InChI=1S/C20H16N4O3S/c25-18(22-11-14-2-1-8-21-10-14)15-5-3-13(4-6-15)12-24-19(26)17-16(7-9-28-17)23-20(24)27/h1-10H,11-12H2,(H,22,25)(H,23,27). The number of rotatable bonds is 5. The van der Waals surface area contributed by atoms with Crippen LogP contribution in [0.3, 0.4) is 0 Å². The Labute approximate surface area is 163 Å². The molecule has 1 aromatic carbocycles. The van der Waals surface area contributed by atoms with Gasteiger partial charge in [0, 0.05) is 24.5 Å². The molecule has 4 rings (SSSR count). The molecular weight excluding hydrogens is 376 g/mol. The van der Waals surface area contributed by atoms with Crippen molar-refractivity contribution in [3.05, 3.63) is 97.8 Å². The normalized spacial score (nSPS) is 10.9. The van der Waals surface area contributed by atoms with Crippen LogP contribution in [0.4, 0.5) is 0 Å². The summed E-state index contributed by atoms with van der Waals surface area (Å²) in [5.41, 5.74) is 1.96. The van der Waals surface area contributed by atoms with Gasteiger partial charge in [0.2, 0.25) is 0 Å². The molecule has 0 unspecified atom stereocenters. The molecule has 0 aliphatic rings. The van der Waals surface area contributed by atoms with Gasteiger partial charge in [-0.15, -0.1) is 11.3 Å². The van der Waals surface area contributed by atoms with Crippen LogP contribution in [-0.4, -0.2) is 20.4 Å². The Balaban J connectivity index is 1.48. The van der Waals surface area contributed by atoms with Gasteiger partial charge in [-0.05, 0) is 40.8 Å². The lowest BCUT2D eigenvalue weighted by Crippen LogP contribution is -2.34. The number of amides is 1. The first-order valence-corrected chi connectivity index (χ1v) is 9.46. The van der Waals surface area contributed by atoms with Gasteiger partial charge in [-0.3, -0.25) is 19.1 Å². The summed E-state index contributed by atoms with van der Waals surface area (Å²) in [6.07, 6.45) is 3.37. The van der Waals surface area contributed by atoms with Crippen molar-refractivity contribution in [1.29, 1.82) is 0 Å². The number of carbonyl (C=O) groups is 1. The van der Waals surface area contributed by atoms with Gasteiger partial charge in [0.1, 0.15) is 4.70 Å². The fraction of sp³-hybridized carbons (Fsp3) is 0.100. The summed E-state index contributed by atoms with van der Waals surface area (Å²) in [5, 5.41) is 4.60. The molecule has 0 saturated carbocycles. The molecule has 8 heteroatoms. The minimum Gasteiger partial charge on any atom is -0.348 e. The molecule has 0 aliphatic carbocycles. The van der Waals surface area contributed by atoms with E-state index < -0.39 is 5.69 Å². The van der Waals surface area contributed by atoms with E-state index in [0.717, 1.165) is 15.7 Å². The van der Waals surface area contributed by atoms with E-state index in [0.29, 0.717) is 22.3 Å². The van der Waals surface area contributed by atoms with Crippen LogP contribution in [-0.2, 0) is 13.1 Å². The van der Waals surface area contributed by atoms with E-state index in [4.69, 9.17) is 0 Å². The van der Waals surface area contributed by atoms with Crippen molar-refractivity contribution in [2.45, 2.75) is 13.1 Å². The highest BCUT2D eigenvalue weighted by Crippen LogP contribution is 2.12. The van der Waals surface area contributed by atoms with E-state index in [1.165, 1.54) is 11.3 Å². The third-order valence-electron chi connectivity index (χ3n) is 4.32. The van der Waals surface area contributed by atoms with Crippen LogP contribution in [0, 0.1) is 0 Å². The maximum atomic E-state index is 12.5. The maximum absolute atomic E-state index is 12.5. The van der Waals surface area contributed by atoms with E-state index in [1.807, 2.05) is 12.1 Å². The molecule has 0 radical (unpaired) electrons. The molecule has 0 spiro atoms. The predicted molar refractivity (Wildman–Crippen MR) is 108 cm³/mol. The Hall–Kier alpha value is -3.52. The molecule has 1 amide bonds. The summed E-state index contributed by atoms with van der Waals surface area (Å²) in [4.78, 5) is 43.7. The number of nitrogens with zero attached hydrogens (tertiary/aromatic N) is 2. The van der Waals surface area contributed by atoms with Gasteiger partial charge >= 0.3 is 5.69 Å². The topological polar surface area (TPSA) is 96.8 Å². The number of carbonyl (C=O) groups excluding carboxylic acids is 1. The van der Waals surface area contributed by atoms with Gasteiger partial charge in [-0.1, -0.05) is 18.2 Å². The number of nitrogens with one attached hydrogen (secondary N) is 2. The molecule has 3 aromatic heterocycles. The number of pyridine rings is 1. The molecular formula is C20H16N4O3S. The molecule has 4 aromatic rings. The monoisotopic (exact) mass is 392 g/mol. The van der Waals surface area contributed by atoms with E-state index in [1.54, 1.807) is 48.1 Å². The van der Waals surface area contributed by atoms with Crippen molar-refractivity contribution >= 4 is 27.5 Å². The van der Waals surface area contributed by atoms with Crippen molar-refractivity contribution in [3.8, 4) is 0 Å². The predicted octanol–water partition coefficient (Wildman–Crippen LogP) is 2.12. The van der Waals surface area contributed by atoms with E-state index in [9.17, 15) is 14.4 Å². The highest BCUT2D eigenvalue weighted by atomic mass is 32.1. The zero-order valence-corrected chi connectivity index (χ0v) is 15.5.